The van der Waals surface area contributed by atoms with Gasteiger partial charge in [-0.2, -0.15) is 0 Å². The van der Waals surface area contributed by atoms with Crippen molar-refractivity contribution in [1.82, 2.24) is 8.87 Å². The Bertz CT molecular complexity index is 1130. The van der Waals surface area contributed by atoms with Gasteiger partial charge in [0, 0.05) is 23.1 Å². The molecule has 1 saturated heterocycles. The zero-order chi connectivity index (χ0) is 18.6. The van der Waals surface area contributed by atoms with Gasteiger partial charge in [0.2, 0.25) is 0 Å². The minimum Gasteiger partial charge on any atom is -0.388 e. The van der Waals surface area contributed by atoms with Crippen molar-refractivity contribution in [3.8, 4) is 11.3 Å². The van der Waals surface area contributed by atoms with Crippen molar-refractivity contribution in [3.05, 3.63) is 54.1 Å². The van der Waals surface area contributed by atoms with Crippen molar-refractivity contribution < 1.29 is 13.5 Å². The molecule has 1 fully saturated rings. The summed E-state index contributed by atoms with van der Waals surface area (Å²) in [5, 5.41) is 11.9. The maximum absolute atomic E-state index is 13.2. The number of hydrogen-bond acceptors (Lipinski definition) is 4. The van der Waals surface area contributed by atoms with Crippen LogP contribution in [0.5, 0.6) is 0 Å². The zero-order valence-corrected chi connectivity index (χ0v) is 15.8. The number of rotatable bonds is 4. The maximum Gasteiger partial charge on any atom is 0.269 e. The van der Waals surface area contributed by atoms with E-state index in [-0.39, 0.29) is 0 Å². The fourth-order valence-corrected chi connectivity index (χ4v) is 6.26. The first kappa shape index (κ1) is 17.0. The van der Waals surface area contributed by atoms with E-state index >= 15 is 0 Å². The fourth-order valence-electron chi connectivity index (χ4n) is 4.52. The highest BCUT2D eigenvalue weighted by atomic mass is 32.2. The van der Waals surface area contributed by atoms with Crippen LogP contribution in [0, 0.1) is 0 Å². The molecule has 0 radical (unpaired) electrons. The molecule has 0 amide bonds. The molecule has 1 unspecified atom stereocenters. The number of fused-ring (bicyclic) bond motifs is 5. The third-order valence-corrected chi connectivity index (χ3v) is 7.55. The Hall–Kier alpha value is -2.15. The molecule has 6 heteroatoms. The van der Waals surface area contributed by atoms with Crippen LogP contribution in [0.3, 0.4) is 0 Å². The van der Waals surface area contributed by atoms with Gasteiger partial charge in [0.1, 0.15) is 0 Å². The van der Waals surface area contributed by atoms with E-state index in [1.54, 1.807) is 12.1 Å². The van der Waals surface area contributed by atoms with Crippen molar-refractivity contribution in [2.45, 2.75) is 30.3 Å². The van der Waals surface area contributed by atoms with Crippen molar-refractivity contribution in [2.75, 3.05) is 19.6 Å². The predicted octanol–water partition coefficient (Wildman–Crippen LogP) is 3.38. The number of hydrogen-bond donors (Lipinski definition) is 1. The lowest BCUT2D eigenvalue weighted by atomic mass is 9.98. The molecular formula is C21H22N2O3S. The van der Waals surface area contributed by atoms with Gasteiger partial charge in [0.15, 0.2) is 0 Å². The number of aromatic nitrogens is 1. The Morgan fingerprint density at radius 2 is 1.70 bits per heavy atom. The van der Waals surface area contributed by atoms with E-state index in [9.17, 15) is 13.5 Å². The lowest BCUT2D eigenvalue weighted by Gasteiger charge is -2.18. The standard InChI is InChI=1S/C21H22N2O3S/c24-18(11-14-22-12-5-6-13-22)20-15-7-1-3-9-17(15)23-21(20)16-8-2-4-10-19(16)27(23,25)26/h1-4,7-10,18,24H,5-6,11-14H2. The van der Waals surface area contributed by atoms with Crippen molar-refractivity contribution in [3.63, 3.8) is 0 Å². The van der Waals surface area contributed by atoms with Crippen LogP contribution in [0.15, 0.2) is 53.4 Å². The van der Waals surface area contributed by atoms with Gasteiger partial charge in [-0.25, -0.2) is 12.4 Å². The van der Waals surface area contributed by atoms with Gasteiger partial charge in [-0.3, -0.25) is 0 Å². The van der Waals surface area contributed by atoms with Gasteiger partial charge < -0.3 is 10.0 Å². The second kappa shape index (κ2) is 6.19. The molecule has 2 aliphatic heterocycles. The summed E-state index contributed by atoms with van der Waals surface area (Å²) < 4.78 is 27.7. The van der Waals surface area contributed by atoms with Crippen LogP contribution in [-0.2, 0) is 10.0 Å². The predicted molar refractivity (Wildman–Crippen MR) is 105 cm³/mol. The normalized spacial score (nSPS) is 19.3. The third-order valence-electron chi connectivity index (χ3n) is 5.78. The Morgan fingerprint density at radius 1 is 1.00 bits per heavy atom. The Balaban J connectivity index is 1.68. The van der Waals surface area contributed by atoms with Crippen LogP contribution in [-0.4, -0.2) is 42.0 Å². The van der Waals surface area contributed by atoms with Crippen molar-refractivity contribution in [2.24, 2.45) is 0 Å². The SMILES string of the molecule is O=S1(=O)c2ccccc2-c2c(C(O)CCN3CCCC3)c3ccccc3n21. The Morgan fingerprint density at radius 3 is 2.52 bits per heavy atom. The molecular weight excluding hydrogens is 360 g/mol. The van der Waals surface area contributed by atoms with Gasteiger partial charge in [0.25, 0.3) is 10.0 Å². The van der Waals surface area contributed by atoms with Gasteiger partial charge in [-0.05, 0) is 44.5 Å². The maximum atomic E-state index is 13.2. The summed E-state index contributed by atoms with van der Waals surface area (Å²) >= 11 is 0. The third kappa shape index (κ3) is 2.47. The molecule has 3 aromatic rings. The van der Waals surface area contributed by atoms with E-state index in [0.29, 0.717) is 28.1 Å². The van der Waals surface area contributed by atoms with E-state index in [1.807, 2.05) is 36.4 Å². The molecule has 140 valence electrons. The van der Waals surface area contributed by atoms with E-state index in [1.165, 1.54) is 16.8 Å². The average Bonchev–Trinajstić information content (AvgIpc) is 3.36. The minimum absolute atomic E-state index is 0.318. The number of benzene rings is 2. The first-order chi connectivity index (χ1) is 13.1. The van der Waals surface area contributed by atoms with Gasteiger partial charge >= 0.3 is 0 Å². The zero-order valence-electron chi connectivity index (χ0n) is 15.0. The lowest BCUT2D eigenvalue weighted by Crippen LogP contribution is -2.22. The van der Waals surface area contributed by atoms with Gasteiger partial charge in [0.05, 0.1) is 22.2 Å². The molecule has 0 aliphatic carbocycles. The highest BCUT2D eigenvalue weighted by Gasteiger charge is 2.38. The second-order valence-electron chi connectivity index (χ2n) is 7.40. The molecule has 0 spiro atoms. The topological polar surface area (TPSA) is 62.5 Å². The number of para-hydroxylation sites is 1. The Labute approximate surface area is 158 Å². The molecule has 0 saturated carbocycles. The average molecular weight is 382 g/mol. The number of likely N-dealkylation sites (tertiary alicyclic amines) is 1. The van der Waals surface area contributed by atoms with Crippen molar-refractivity contribution in [1.29, 1.82) is 0 Å². The first-order valence-corrected chi connectivity index (χ1v) is 10.9. The van der Waals surface area contributed by atoms with E-state index < -0.39 is 16.1 Å². The van der Waals surface area contributed by atoms with Crippen LogP contribution in [0.25, 0.3) is 22.2 Å². The second-order valence-corrected chi connectivity index (χ2v) is 9.15. The summed E-state index contributed by atoms with van der Waals surface area (Å²) in [5.74, 6) is 0. The molecule has 2 aromatic carbocycles. The summed E-state index contributed by atoms with van der Waals surface area (Å²) in [4.78, 5) is 2.69. The van der Waals surface area contributed by atoms with E-state index in [2.05, 4.69) is 4.90 Å². The highest BCUT2D eigenvalue weighted by Crippen LogP contribution is 2.47. The molecule has 0 bridgehead atoms. The Kier molecular flexibility index (Phi) is 3.89. The van der Waals surface area contributed by atoms with E-state index in [4.69, 9.17) is 0 Å². The minimum atomic E-state index is -3.64. The van der Waals surface area contributed by atoms with E-state index in [0.717, 1.165) is 30.6 Å². The van der Waals surface area contributed by atoms with Crippen LogP contribution in [0.1, 0.15) is 30.9 Å². The quantitative estimate of drug-likeness (QED) is 0.588. The van der Waals surface area contributed by atoms with Crippen LogP contribution >= 0.6 is 0 Å². The van der Waals surface area contributed by atoms with Crippen LogP contribution in [0.2, 0.25) is 0 Å². The highest BCUT2D eigenvalue weighted by molar-refractivity contribution is 7.90. The number of nitrogens with zero attached hydrogens (tertiary/aromatic N) is 2. The number of aliphatic hydroxyl groups is 1. The van der Waals surface area contributed by atoms with Crippen LogP contribution in [0.4, 0.5) is 0 Å². The summed E-state index contributed by atoms with van der Waals surface area (Å²) in [5.41, 5.74) is 2.68. The molecule has 5 rings (SSSR count). The molecule has 1 aromatic heterocycles. The number of aliphatic hydroxyl groups excluding tert-OH is 1. The molecule has 27 heavy (non-hydrogen) atoms. The lowest BCUT2D eigenvalue weighted by molar-refractivity contribution is 0.150. The smallest absolute Gasteiger partial charge is 0.269 e. The first-order valence-electron chi connectivity index (χ1n) is 9.48. The monoisotopic (exact) mass is 382 g/mol. The molecule has 3 heterocycles. The summed E-state index contributed by atoms with van der Waals surface area (Å²) in [7, 11) is -3.64. The van der Waals surface area contributed by atoms with Crippen molar-refractivity contribution >= 4 is 20.9 Å². The largest absolute Gasteiger partial charge is 0.388 e. The molecule has 1 atom stereocenters. The fraction of sp³-hybridized carbons (Fsp3) is 0.333. The molecule has 1 N–H and O–H groups in total. The summed E-state index contributed by atoms with van der Waals surface area (Å²) in [6, 6.07) is 14.5. The summed E-state index contributed by atoms with van der Waals surface area (Å²) in [6.45, 7) is 2.99. The van der Waals surface area contributed by atoms with Gasteiger partial charge in [-0.15, -0.1) is 0 Å². The summed E-state index contributed by atoms with van der Waals surface area (Å²) in [6.07, 6.45) is 2.33. The van der Waals surface area contributed by atoms with Crippen LogP contribution < -0.4 is 0 Å². The molecule has 2 aliphatic rings. The molecule has 5 nitrogen and oxygen atoms in total. The van der Waals surface area contributed by atoms with Gasteiger partial charge in [-0.1, -0.05) is 36.4 Å².